The molecule has 8 nitrogen and oxygen atoms in total. The average molecular weight is 602 g/mol. The molecule has 10 heteroatoms. The highest BCUT2D eigenvalue weighted by Gasteiger charge is 2.21. The van der Waals surface area contributed by atoms with Crippen molar-refractivity contribution in [2.75, 3.05) is 44.4 Å². The highest BCUT2D eigenvalue weighted by Crippen LogP contribution is 2.33. The molecule has 0 atom stereocenters. The zero-order valence-corrected chi connectivity index (χ0v) is 24.7. The zero-order chi connectivity index (χ0) is 28.7. The molecule has 0 radical (unpaired) electrons. The molecule has 1 N–H and O–H groups in total. The number of rotatable bonds is 10. The number of nitrogens with one attached hydrogen (secondary N) is 1. The van der Waals surface area contributed by atoms with Crippen molar-refractivity contribution < 1.29 is 14.3 Å². The quantitative estimate of drug-likeness (QED) is 0.146. The molecule has 3 heterocycles. The molecular weight excluding hydrogens is 570 g/mol. The van der Waals surface area contributed by atoms with Crippen LogP contribution in [0.5, 0.6) is 11.5 Å². The molecule has 0 saturated carbocycles. The van der Waals surface area contributed by atoms with Gasteiger partial charge in [-0.1, -0.05) is 71.9 Å². The van der Waals surface area contributed by atoms with Crippen LogP contribution in [-0.4, -0.2) is 60.3 Å². The van der Waals surface area contributed by atoms with Crippen LogP contribution in [0, 0.1) is 0 Å². The van der Waals surface area contributed by atoms with E-state index in [-0.39, 0.29) is 5.91 Å². The van der Waals surface area contributed by atoms with E-state index in [4.69, 9.17) is 26.1 Å². The number of nitrogens with zero attached hydrogens (tertiary/aromatic N) is 4. The van der Waals surface area contributed by atoms with Crippen molar-refractivity contribution in [3.8, 4) is 11.5 Å². The third kappa shape index (κ3) is 7.34. The number of benzene rings is 3. The Labute approximate surface area is 255 Å². The number of carbonyl (C=O) groups excluding carboxylic acids is 1. The number of piperazine rings is 1. The minimum absolute atomic E-state index is 0.0725. The minimum Gasteiger partial charge on any atom is -0.454 e. The van der Waals surface area contributed by atoms with Crippen LogP contribution in [-0.2, 0) is 18.7 Å². The molecule has 0 bridgehead atoms. The number of thioether (sulfide) groups is 1. The van der Waals surface area contributed by atoms with Gasteiger partial charge in [0.1, 0.15) is 11.0 Å². The standard InChI is InChI=1S/C32H32ClN5O3S/c33-29-19-30(38-15-13-37(14-16-38)20-24-9-10-27-28(18-24)41-22-40-27)36-32(35-29)42-21-25-7-4-8-26(17-25)31(39)34-12-11-23-5-2-1-3-6-23/h1-10,17-19H,11-16,20-22H2,(H,34,39). The van der Waals surface area contributed by atoms with Crippen LogP contribution in [0.25, 0.3) is 0 Å². The Kier molecular flexibility index (Phi) is 9.08. The Balaban J connectivity index is 1.00. The number of fused-ring (bicyclic) bond motifs is 1. The summed E-state index contributed by atoms with van der Waals surface area (Å²) in [7, 11) is 0. The normalized spacial score (nSPS) is 14.6. The van der Waals surface area contributed by atoms with E-state index in [0.29, 0.717) is 35.0 Å². The number of anilines is 1. The van der Waals surface area contributed by atoms with E-state index in [1.54, 1.807) is 0 Å². The first-order valence-electron chi connectivity index (χ1n) is 14.0. The molecular formula is C32H32ClN5O3S. The summed E-state index contributed by atoms with van der Waals surface area (Å²) in [5.41, 5.74) is 4.09. The van der Waals surface area contributed by atoms with Gasteiger partial charge in [-0.15, -0.1) is 0 Å². The van der Waals surface area contributed by atoms with Crippen molar-refractivity contribution in [1.29, 1.82) is 0 Å². The molecule has 0 unspecified atom stereocenters. The van der Waals surface area contributed by atoms with Gasteiger partial charge in [-0.25, -0.2) is 9.97 Å². The van der Waals surface area contributed by atoms with Gasteiger partial charge in [-0.2, -0.15) is 0 Å². The summed E-state index contributed by atoms with van der Waals surface area (Å²) in [5, 5.41) is 4.07. The second-order valence-corrected chi connectivity index (χ2v) is 11.6. The summed E-state index contributed by atoms with van der Waals surface area (Å²) < 4.78 is 10.9. The van der Waals surface area contributed by atoms with Crippen molar-refractivity contribution in [3.63, 3.8) is 0 Å². The molecule has 1 saturated heterocycles. The molecule has 0 aliphatic carbocycles. The molecule has 2 aliphatic heterocycles. The molecule has 6 rings (SSSR count). The molecule has 0 spiro atoms. The minimum atomic E-state index is -0.0725. The first kappa shape index (κ1) is 28.3. The fourth-order valence-corrected chi connectivity index (χ4v) is 6.09. The van der Waals surface area contributed by atoms with E-state index in [1.165, 1.54) is 22.9 Å². The first-order chi connectivity index (χ1) is 20.6. The number of carbonyl (C=O) groups is 1. The maximum Gasteiger partial charge on any atom is 0.251 e. The average Bonchev–Trinajstić information content (AvgIpc) is 3.49. The SMILES string of the molecule is O=C(NCCc1ccccc1)c1cccc(CSc2nc(Cl)cc(N3CCN(Cc4ccc5c(c4)OCO5)CC3)n2)c1. The van der Waals surface area contributed by atoms with Crippen LogP contribution in [0.2, 0.25) is 5.15 Å². The van der Waals surface area contributed by atoms with Crippen LogP contribution < -0.4 is 19.7 Å². The van der Waals surface area contributed by atoms with Crippen LogP contribution in [0.3, 0.4) is 0 Å². The summed E-state index contributed by atoms with van der Waals surface area (Å²) in [5.74, 6) is 3.03. The Morgan fingerprint density at radius 1 is 0.857 bits per heavy atom. The van der Waals surface area contributed by atoms with E-state index in [2.05, 4.69) is 44.4 Å². The Morgan fingerprint density at radius 3 is 2.52 bits per heavy atom. The second kappa shape index (κ2) is 13.5. The lowest BCUT2D eigenvalue weighted by atomic mass is 10.1. The molecule has 1 fully saturated rings. The number of hydrogen-bond acceptors (Lipinski definition) is 8. The summed E-state index contributed by atoms with van der Waals surface area (Å²) in [4.78, 5) is 26.7. The highest BCUT2D eigenvalue weighted by molar-refractivity contribution is 7.98. The maximum absolute atomic E-state index is 12.7. The van der Waals surface area contributed by atoms with Crippen LogP contribution in [0.15, 0.2) is 84.0 Å². The number of hydrogen-bond donors (Lipinski definition) is 1. The lowest BCUT2D eigenvalue weighted by molar-refractivity contribution is 0.0954. The molecule has 216 valence electrons. The van der Waals surface area contributed by atoms with E-state index >= 15 is 0 Å². The van der Waals surface area contributed by atoms with Gasteiger partial charge in [0, 0.05) is 56.7 Å². The van der Waals surface area contributed by atoms with Crippen molar-refractivity contribution in [2.45, 2.75) is 23.9 Å². The molecule has 2 aliphatic rings. The lowest BCUT2D eigenvalue weighted by Crippen LogP contribution is -2.46. The van der Waals surface area contributed by atoms with Gasteiger partial charge in [0.25, 0.3) is 5.91 Å². The number of ether oxygens (including phenoxy) is 2. The van der Waals surface area contributed by atoms with Gasteiger partial charge in [0.15, 0.2) is 16.7 Å². The monoisotopic (exact) mass is 601 g/mol. The van der Waals surface area contributed by atoms with Gasteiger partial charge in [-0.3, -0.25) is 9.69 Å². The summed E-state index contributed by atoms with van der Waals surface area (Å²) in [6.07, 6.45) is 0.797. The molecule has 3 aromatic carbocycles. The number of aromatic nitrogens is 2. The van der Waals surface area contributed by atoms with E-state index in [1.807, 2.05) is 54.6 Å². The van der Waals surface area contributed by atoms with Gasteiger partial charge in [0.05, 0.1) is 0 Å². The second-order valence-electron chi connectivity index (χ2n) is 10.3. The topological polar surface area (TPSA) is 79.8 Å². The number of amides is 1. The zero-order valence-electron chi connectivity index (χ0n) is 23.2. The lowest BCUT2D eigenvalue weighted by Gasteiger charge is -2.35. The molecule has 4 aromatic rings. The largest absolute Gasteiger partial charge is 0.454 e. The predicted octanol–water partition coefficient (Wildman–Crippen LogP) is 5.45. The van der Waals surface area contributed by atoms with E-state index in [0.717, 1.165) is 62.0 Å². The fourth-order valence-electron chi connectivity index (χ4n) is 5.06. The summed E-state index contributed by atoms with van der Waals surface area (Å²) in [6, 6.07) is 25.8. The van der Waals surface area contributed by atoms with Crippen molar-refractivity contribution in [3.05, 3.63) is 106 Å². The van der Waals surface area contributed by atoms with Crippen LogP contribution >= 0.6 is 23.4 Å². The Hall–Kier alpha value is -3.79. The van der Waals surface area contributed by atoms with Gasteiger partial charge in [-0.05, 0) is 47.4 Å². The highest BCUT2D eigenvalue weighted by atomic mass is 35.5. The first-order valence-corrected chi connectivity index (χ1v) is 15.4. The molecule has 42 heavy (non-hydrogen) atoms. The smallest absolute Gasteiger partial charge is 0.251 e. The summed E-state index contributed by atoms with van der Waals surface area (Å²) >= 11 is 7.93. The van der Waals surface area contributed by atoms with E-state index < -0.39 is 0 Å². The molecule has 1 aromatic heterocycles. The Morgan fingerprint density at radius 2 is 1.67 bits per heavy atom. The van der Waals surface area contributed by atoms with E-state index in [9.17, 15) is 4.79 Å². The summed E-state index contributed by atoms with van der Waals surface area (Å²) in [6.45, 7) is 5.27. The molecule has 1 amide bonds. The van der Waals surface area contributed by atoms with Crippen molar-refractivity contribution >= 4 is 35.1 Å². The number of halogens is 1. The third-order valence-corrected chi connectivity index (χ3v) is 8.41. The van der Waals surface area contributed by atoms with Crippen LogP contribution in [0.4, 0.5) is 5.82 Å². The van der Waals surface area contributed by atoms with Crippen molar-refractivity contribution in [1.82, 2.24) is 20.2 Å². The van der Waals surface area contributed by atoms with Crippen LogP contribution in [0.1, 0.15) is 27.0 Å². The van der Waals surface area contributed by atoms with Gasteiger partial charge < -0.3 is 19.7 Å². The third-order valence-electron chi connectivity index (χ3n) is 7.30. The fraction of sp³-hybridized carbons (Fsp3) is 0.281. The van der Waals surface area contributed by atoms with Crippen molar-refractivity contribution in [2.24, 2.45) is 0 Å². The Bertz CT molecular complexity index is 1530. The van der Waals surface area contributed by atoms with Gasteiger partial charge in [0.2, 0.25) is 6.79 Å². The predicted molar refractivity (Wildman–Crippen MR) is 166 cm³/mol. The van der Waals surface area contributed by atoms with Gasteiger partial charge >= 0.3 is 0 Å². The maximum atomic E-state index is 12.7.